The van der Waals surface area contributed by atoms with E-state index in [1.54, 1.807) is 18.2 Å². The van der Waals surface area contributed by atoms with Gasteiger partial charge in [-0.1, -0.05) is 69.9 Å². The van der Waals surface area contributed by atoms with Gasteiger partial charge in [-0.15, -0.1) is 0 Å². The standard InChI is InChI=1S/C23H35ClO4/c1-3-4-5-6-7-8-9-10-11-17-27-22(25)13-12-14-23(26)28-21-16-15-20(24)18-19(21)2/h15-16,18H,3-14,17H2,1-2H3. The number of esters is 2. The molecular formula is C23H35ClO4. The van der Waals surface area contributed by atoms with E-state index in [9.17, 15) is 9.59 Å². The molecule has 158 valence electrons. The van der Waals surface area contributed by atoms with Crippen LogP contribution in [0.3, 0.4) is 0 Å². The summed E-state index contributed by atoms with van der Waals surface area (Å²) in [6, 6.07) is 5.10. The van der Waals surface area contributed by atoms with E-state index < -0.39 is 0 Å². The van der Waals surface area contributed by atoms with Crippen LogP contribution in [0.4, 0.5) is 0 Å². The van der Waals surface area contributed by atoms with Crippen molar-refractivity contribution in [3.63, 3.8) is 0 Å². The number of halogens is 1. The van der Waals surface area contributed by atoms with Crippen molar-refractivity contribution in [3.8, 4) is 5.75 Å². The molecule has 0 heterocycles. The zero-order chi connectivity index (χ0) is 20.6. The fourth-order valence-corrected chi connectivity index (χ4v) is 3.18. The Hall–Kier alpha value is -1.55. The van der Waals surface area contributed by atoms with Gasteiger partial charge < -0.3 is 9.47 Å². The lowest BCUT2D eigenvalue weighted by molar-refractivity contribution is -0.144. The molecule has 5 heteroatoms. The minimum absolute atomic E-state index is 0.190. The first-order valence-corrected chi connectivity index (χ1v) is 11.0. The molecule has 0 saturated heterocycles. The Morgan fingerprint density at radius 1 is 0.857 bits per heavy atom. The molecule has 0 aliphatic heterocycles. The summed E-state index contributed by atoms with van der Waals surface area (Å²) < 4.78 is 10.5. The van der Waals surface area contributed by atoms with Crippen molar-refractivity contribution in [2.75, 3.05) is 6.61 Å². The lowest BCUT2D eigenvalue weighted by Crippen LogP contribution is -2.11. The van der Waals surface area contributed by atoms with Gasteiger partial charge in [-0.2, -0.15) is 0 Å². The van der Waals surface area contributed by atoms with Crippen LogP contribution >= 0.6 is 11.6 Å². The number of carbonyl (C=O) groups is 2. The van der Waals surface area contributed by atoms with E-state index in [1.807, 2.05) is 6.92 Å². The van der Waals surface area contributed by atoms with Crippen LogP contribution in [-0.2, 0) is 14.3 Å². The van der Waals surface area contributed by atoms with Gasteiger partial charge in [0.1, 0.15) is 5.75 Å². The van der Waals surface area contributed by atoms with Gasteiger partial charge in [-0.3, -0.25) is 9.59 Å². The number of hydrogen-bond acceptors (Lipinski definition) is 4. The maximum Gasteiger partial charge on any atom is 0.311 e. The summed E-state index contributed by atoms with van der Waals surface area (Å²) in [4.78, 5) is 23.6. The first-order valence-electron chi connectivity index (χ1n) is 10.7. The monoisotopic (exact) mass is 410 g/mol. The van der Waals surface area contributed by atoms with Crippen LogP contribution in [-0.4, -0.2) is 18.5 Å². The Morgan fingerprint density at radius 3 is 2.11 bits per heavy atom. The Morgan fingerprint density at radius 2 is 1.46 bits per heavy atom. The van der Waals surface area contributed by atoms with E-state index in [-0.39, 0.29) is 24.8 Å². The van der Waals surface area contributed by atoms with E-state index in [1.165, 1.54) is 44.9 Å². The molecule has 0 atom stereocenters. The zero-order valence-electron chi connectivity index (χ0n) is 17.4. The quantitative estimate of drug-likeness (QED) is 0.181. The molecular weight excluding hydrogens is 376 g/mol. The van der Waals surface area contributed by atoms with Gasteiger partial charge in [-0.25, -0.2) is 0 Å². The van der Waals surface area contributed by atoms with Gasteiger partial charge >= 0.3 is 11.9 Å². The molecule has 28 heavy (non-hydrogen) atoms. The van der Waals surface area contributed by atoms with Crippen LogP contribution in [0.25, 0.3) is 0 Å². The number of rotatable bonds is 15. The van der Waals surface area contributed by atoms with Gasteiger partial charge in [0.15, 0.2) is 0 Å². The van der Waals surface area contributed by atoms with E-state index in [2.05, 4.69) is 6.92 Å². The molecule has 0 radical (unpaired) electrons. The minimum atomic E-state index is -0.350. The maximum absolute atomic E-state index is 11.9. The van der Waals surface area contributed by atoms with Crippen LogP contribution in [0.15, 0.2) is 18.2 Å². The third-order valence-corrected chi connectivity index (χ3v) is 4.87. The molecule has 0 spiro atoms. The molecule has 1 aromatic carbocycles. The third kappa shape index (κ3) is 12.0. The number of ether oxygens (including phenoxy) is 2. The Kier molecular flexibility index (Phi) is 13.5. The molecule has 1 rings (SSSR count). The maximum atomic E-state index is 11.9. The molecule has 0 bridgehead atoms. The normalized spacial score (nSPS) is 10.7. The van der Waals surface area contributed by atoms with Crippen molar-refractivity contribution < 1.29 is 19.1 Å². The smallest absolute Gasteiger partial charge is 0.311 e. The number of hydrogen-bond donors (Lipinski definition) is 0. The molecule has 0 fully saturated rings. The average Bonchev–Trinajstić information content (AvgIpc) is 2.65. The largest absolute Gasteiger partial charge is 0.466 e. The number of unbranched alkanes of at least 4 members (excludes halogenated alkanes) is 8. The SMILES string of the molecule is CCCCCCCCCCCOC(=O)CCCC(=O)Oc1ccc(Cl)cc1C. The fraction of sp³-hybridized carbons (Fsp3) is 0.652. The first kappa shape index (κ1) is 24.5. The van der Waals surface area contributed by atoms with Crippen LogP contribution in [0.2, 0.25) is 5.02 Å². The van der Waals surface area contributed by atoms with Crippen LogP contribution in [0.1, 0.15) is 89.5 Å². The van der Waals surface area contributed by atoms with Crippen molar-refractivity contribution in [1.29, 1.82) is 0 Å². The molecule has 4 nitrogen and oxygen atoms in total. The predicted molar refractivity (Wildman–Crippen MR) is 114 cm³/mol. The van der Waals surface area contributed by atoms with Crippen LogP contribution < -0.4 is 4.74 Å². The predicted octanol–water partition coefficient (Wildman–Crippen LogP) is 6.80. The van der Waals surface area contributed by atoms with Gasteiger partial charge in [0.2, 0.25) is 0 Å². The van der Waals surface area contributed by atoms with E-state index in [4.69, 9.17) is 21.1 Å². The molecule has 0 aliphatic carbocycles. The molecule has 0 aliphatic rings. The summed E-state index contributed by atoms with van der Waals surface area (Å²) in [7, 11) is 0. The van der Waals surface area contributed by atoms with Crippen molar-refractivity contribution >= 4 is 23.5 Å². The highest BCUT2D eigenvalue weighted by molar-refractivity contribution is 6.30. The summed E-state index contributed by atoms with van der Waals surface area (Å²) in [6.45, 7) is 4.54. The lowest BCUT2D eigenvalue weighted by atomic mass is 10.1. The van der Waals surface area contributed by atoms with Crippen molar-refractivity contribution in [1.82, 2.24) is 0 Å². The highest BCUT2D eigenvalue weighted by Crippen LogP contribution is 2.22. The van der Waals surface area contributed by atoms with Crippen LogP contribution in [0.5, 0.6) is 5.75 Å². The van der Waals surface area contributed by atoms with E-state index in [0.29, 0.717) is 23.8 Å². The topological polar surface area (TPSA) is 52.6 Å². The van der Waals surface area contributed by atoms with Crippen molar-refractivity contribution in [3.05, 3.63) is 28.8 Å². The average molecular weight is 411 g/mol. The zero-order valence-corrected chi connectivity index (χ0v) is 18.2. The highest BCUT2D eigenvalue weighted by Gasteiger charge is 2.10. The Labute approximate surface area is 174 Å². The van der Waals surface area contributed by atoms with Crippen molar-refractivity contribution in [2.45, 2.75) is 90.9 Å². The molecule has 0 amide bonds. The molecule has 1 aromatic rings. The molecule has 0 saturated carbocycles. The summed E-state index contributed by atoms with van der Waals surface area (Å²) in [6.07, 6.45) is 12.0. The molecule has 0 aromatic heterocycles. The second-order valence-electron chi connectivity index (χ2n) is 7.29. The lowest BCUT2D eigenvalue weighted by Gasteiger charge is -2.08. The number of aryl methyl sites for hydroxylation is 1. The van der Waals surface area contributed by atoms with Gasteiger partial charge in [-0.05, 0) is 43.5 Å². The first-order chi connectivity index (χ1) is 13.5. The Bertz CT molecular complexity index is 586. The number of carbonyl (C=O) groups excluding carboxylic acids is 2. The minimum Gasteiger partial charge on any atom is -0.466 e. The second kappa shape index (κ2) is 15.4. The van der Waals surface area contributed by atoms with Crippen LogP contribution in [0, 0.1) is 6.92 Å². The van der Waals surface area contributed by atoms with E-state index in [0.717, 1.165) is 18.4 Å². The van der Waals surface area contributed by atoms with Gasteiger partial charge in [0.05, 0.1) is 6.61 Å². The van der Waals surface area contributed by atoms with Crippen molar-refractivity contribution in [2.24, 2.45) is 0 Å². The van der Waals surface area contributed by atoms with E-state index >= 15 is 0 Å². The highest BCUT2D eigenvalue weighted by atomic mass is 35.5. The molecule has 0 unspecified atom stereocenters. The summed E-state index contributed by atoms with van der Waals surface area (Å²) >= 11 is 5.88. The summed E-state index contributed by atoms with van der Waals surface area (Å²) in [5.41, 5.74) is 0.807. The Balaban J connectivity index is 1.99. The second-order valence-corrected chi connectivity index (χ2v) is 7.72. The summed E-state index contributed by atoms with van der Waals surface area (Å²) in [5, 5.41) is 0.604. The fourth-order valence-electron chi connectivity index (χ4n) is 2.95. The summed E-state index contributed by atoms with van der Waals surface area (Å²) in [5.74, 6) is -0.0884. The molecule has 0 N–H and O–H groups in total. The third-order valence-electron chi connectivity index (χ3n) is 4.63. The van der Waals surface area contributed by atoms with Gasteiger partial charge in [0, 0.05) is 17.9 Å². The number of benzene rings is 1. The van der Waals surface area contributed by atoms with Gasteiger partial charge in [0.25, 0.3) is 0 Å².